The number of imidazole rings is 1. The zero-order chi connectivity index (χ0) is 13.2. The van der Waals surface area contributed by atoms with Crippen molar-refractivity contribution >= 4 is 27.4 Å². The summed E-state index contributed by atoms with van der Waals surface area (Å²) in [5, 5.41) is 3.00. The van der Waals surface area contributed by atoms with E-state index in [4.69, 9.17) is 0 Å². The SMILES string of the molecule is O=C(NCCc1nc(Br)c2ccccn12)C1CCC1. The van der Waals surface area contributed by atoms with Gasteiger partial charge >= 0.3 is 0 Å². The maximum absolute atomic E-state index is 11.7. The molecule has 1 saturated carbocycles. The Hall–Kier alpha value is -1.36. The molecule has 0 spiro atoms. The molecule has 0 saturated heterocycles. The van der Waals surface area contributed by atoms with Gasteiger partial charge in [-0.15, -0.1) is 0 Å². The minimum atomic E-state index is 0.200. The maximum atomic E-state index is 11.7. The summed E-state index contributed by atoms with van der Waals surface area (Å²) in [4.78, 5) is 16.2. The van der Waals surface area contributed by atoms with Crippen molar-refractivity contribution in [2.24, 2.45) is 5.92 Å². The van der Waals surface area contributed by atoms with E-state index in [2.05, 4.69) is 30.6 Å². The molecule has 5 heteroatoms. The lowest BCUT2D eigenvalue weighted by Gasteiger charge is -2.23. The predicted octanol–water partition coefficient (Wildman–Crippen LogP) is 2.56. The third-order valence-corrected chi connectivity index (χ3v) is 4.28. The highest BCUT2D eigenvalue weighted by atomic mass is 79.9. The second-order valence-electron chi connectivity index (χ2n) is 4.94. The lowest BCUT2D eigenvalue weighted by molar-refractivity contribution is -0.127. The molecule has 2 heterocycles. The van der Waals surface area contributed by atoms with Crippen LogP contribution in [0.1, 0.15) is 25.1 Å². The zero-order valence-electron chi connectivity index (χ0n) is 10.6. The molecular weight excluding hydrogens is 306 g/mol. The summed E-state index contributed by atoms with van der Waals surface area (Å²) in [5.74, 6) is 1.42. The van der Waals surface area contributed by atoms with E-state index in [1.165, 1.54) is 6.42 Å². The first kappa shape index (κ1) is 12.7. The van der Waals surface area contributed by atoms with Crippen LogP contribution in [0.4, 0.5) is 0 Å². The molecule has 0 aliphatic heterocycles. The Balaban J connectivity index is 1.63. The fourth-order valence-corrected chi connectivity index (χ4v) is 2.88. The molecule has 2 aromatic rings. The molecule has 19 heavy (non-hydrogen) atoms. The van der Waals surface area contributed by atoms with E-state index in [0.717, 1.165) is 35.2 Å². The van der Waals surface area contributed by atoms with Crippen LogP contribution in [0.5, 0.6) is 0 Å². The monoisotopic (exact) mass is 321 g/mol. The summed E-state index contributed by atoms with van der Waals surface area (Å²) < 4.78 is 2.91. The van der Waals surface area contributed by atoms with Crippen LogP contribution in [-0.4, -0.2) is 21.8 Å². The average molecular weight is 322 g/mol. The number of nitrogens with one attached hydrogen (secondary N) is 1. The van der Waals surface area contributed by atoms with Gasteiger partial charge in [0.15, 0.2) is 0 Å². The number of halogens is 1. The topological polar surface area (TPSA) is 46.4 Å². The molecule has 1 amide bonds. The van der Waals surface area contributed by atoms with Gasteiger partial charge in [0.2, 0.25) is 5.91 Å². The molecule has 0 unspecified atom stereocenters. The Bertz CT molecular complexity index is 604. The molecule has 0 radical (unpaired) electrons. The Kier molecular flexibility index (Phi) is 3.55. The van der Waals surface area contributed by atoms with Crippen molar-refractivity contribution < 1.29 is 4.79 Å². The van der Waals surface area contributed by atoms with Crippen LogP contribution in [0.25, 0.3) is 5.52 Å². The normalized spacial score (nSPS) is 15.4. The predicted molar refractivity (Wildman–Crippen MR) is 76.9 cm³/mol. The van der Waals surface area contributed by atoms with E-state index < -0.39 is 0 Å². The molecule has 100 valence electrons. The number of carbonyl (C=O) groups is 1. The van der Waals surface area contributed by atoms with Crippen molar-refractivity contribution in [1.29, 1.82) is 0 Å². The van der Waals surface area contributed by atoms with Gasteiger partial charge in [0.25, 0.3) is 0 Å². The quantitative estimate of drug-likeness (QED) is 0.940. The van der Waals surface area contributed by atoms with E-state index in [0.29, 0.717) is 6.54 Å². The van der Waals surface area contributed by atoms with Crippen molar-refractivity contribution in [2.45, 2.75) is 25.7 Å². The summed E-state index contributed by atoms with van der Waals surface area (Å²) in [6.07, 6.45) is 6.02. The van der Waals surface area contributed by atoms with Gasteiger partial charge in [0.1, 0.15) is 10.4 Å². The average Bonchev–Trinajstić information content (AvgIpc) is 2.65. The number of amides is 1. The van der Waals surface area contributed by atoms with Crippen LogP contribution in [0.15, 0.2) is 29.0 Å². The number of carbonyl (C=O) groups excluding carboxylic acids is 1. The van der Waals surface area contributed by atoms with E-state index in [1.807, 2.05) is 24.4 Å². The molecule has 1 aliphatic carbocycles. The standard InChI is InChI=1S/C14H16BrN3O/c15-13-11-6-1-2-9-18(11)12(17-13)7-8-16-14(19)10-4-3-5-10/h1-2,6,9-10H,3-5,7-8H2,(H,16,19). The minimum absolute atomic E-state index is 0.200. The molecule has 0 atom stereocenters. The van der Waals surface area contributed by atoms with Crippen molar-refractivity contribution in [3.63, 3.8) is 0 Å². The van der Waals surface area contributed by atoms with Crippen LogP contribution in [0.2, 0.25) is 0 Å². The summed E-state index contributed by atoms with van der Waals surface area (Å²) >= 11 is 3.46. The third-order valence-electron chi connectivity index (χ3n) is 3.70. The van der Waals surface area contributed by atoms with Crippen molar-refractivity contribution in [1.82, 2.24) is 14.7 Å². The highest BCUT2D eigenvalue weighted by Gasteiger charge is 2.24. The first-order valence-electron chi connectivity index (χ1n) is 6.65. The van der Waals surface area contributed by atoms with Crippen molar-refractivity contribution in [2.75, 3.05) is 6.54 Å². The smallest absolute Gasteiger partial charge is 0.223 e. The van der Waals surface area contributed by atoms with Gasteiger partial charge in [-0.05, 0) is 40.9 Å². The molecule has 3 rings (SSSR count). The van der Waals surface area contributed by atoms with Gasteiger partial charge in [-0.2, -0.15) is 0 Å². The van der Waals surface area contributed by atoms with Gasteiger partial charge in [-0.1, -0.05) is 12.5 Å². The molecule has 2 aromatic heterocycles. The number of fused-ring (bicyclic) bond motifs is 1. The van der Waals surface area contributed by atoms with Gasteiger partial charge in [-0.3, -0.25) is 4.79 Å². The number of pyridine rings is 1. The minimum Gasteiger partial charge on any atom is -0.355 e. The van der Waals surface area contributed by atoms with Crippen LogP contribution in [-0.2, 0) is 11.2 Å². The molecule has 1 fully saturated rings. The van der Waals surface area contributed by atoms with E-state index in [-0.39, 0.29) is 11.8 Å². The van der Waals surface area contributed by atoms with Gasteiger partial charge in [0.05, 0.1) is 5.52 Å². The second-order valence-corrected chi connectivity index (χ2v) is 5.69. The Morgan fingerprint density at radius 2 is 2.32 bits per heavy atom. The number of rotatable bonds is 4. The van der Waals surface area contributed by atoms with Crippen LogP contribution < -0.4 is 5.32 Å². The van der Waals surface area contributed by atoms with E-state index >= 15 is 0 Å². The molecule has 4 nitrogen and oxygen atoms in total. The first-order chi connectivity index (χ1) is 9.25. The molecular formula is C14H16BrN3O. The number of nitrogens with zero attached hydrogens (tertiary/aromatic N) is 2. The molecule has 1 aliphatic rings. The zero-order valence-corrected chi connectivity index (χ0v) is 12.2. The fraction of sp³-hybridized carbons (Fsp3) is 0.429. The molecule has 1 N–H and O–H groups in total. The highest BCUT2D eigenvalue weighted by Crippen LogP contribution is 2.26. The Morgan fingerprint density at radius 3 is 3.05 bits per heavy atom. The van der Waals surface area contributed by atoms with Crippen LogP contribution in [0.3, 0.4) is 0 Å². The Morgan fingerprint density at radius 1 is 1.47 bits per heavy atom. The van der Waals surface area contributed by atoms with Gasteiger partial charge in [0, 0.05) is 25.1 Å². The summed E-state index contributed by atoms with van der Waals surface area (Å²) in [6.45, 7) is 0.649. The summed E-state index contributed by atoms with van der Waals surface area (Å²) in [5.41, 5.74) is 1.06. The number of hydrogen-bond acceptors (Lipinski definition) is 2. The van der Waals surface area contributed by atoms with Gasteiger partial charge < -0.3 is 9.72 Å². The maximum Gasteiger partial charge on any atom is 0.223 e. The fourth-order valence-electron chi connectivity index (χ4n) is 2.35. The largest absolute Gasteiger partial charge is 0.355 e. The third kappa shape index (κ3) is 2.52. The number of hydrogen-bond donors (Lipinski definition) is 1. The van der Waals surface area contributed by atoms with Gasteiger partial charge in [-0.25, -0.2) is 4.98 Å². The first-order valence-corrected chi connectivity index (χ1v) is 7.44. The second kappa shape index (κ2) is 5.33. The van der Waals surface area contributed by atoms with E-state index in [9.17, 15) is 4.79 Å². The van der Waals surface area contributed by atoms with Crippen LogP contribution in [0, 0.1) is 5.92 Å². The lowest BCUT2D eigenvalue weighted by atomic mass is 9.85. The summed E-state index contributed by atoms with van der Waals surface area (Å²) in [6, 6.07) is 6.00. The van der Waals surface area contributed by atoms with Crippen LogP contribution >= 0.6 is 15.9 Å². The summed E-state index contributed by atoms with van der Waals surface area (Å²) in [7, 11) is 0. The molecule has 0 bridgehead atoms. The lowest BCUT2D eigenvalue weighted by Crippen LogP contribution is -2.35. The van der Waals surface area contributed by atoms with Crippen molar-refractivity contribution in [3.8, 4) is 0 Å². The van der Waals surface area contributed by atoms with Crippen molar-refractivity contribution in [3.05, 3.63) is 34.8 Å². The highest BCUT2D eigenvalue weighted by molar-refractivity contribution is 9.10. The number of aromatic nitrogens is 2. The Labute approximate surface area is 120 Å². The molecule has 0 aromatic carbocycles. The van der Waals surface area contributed by atoms with E-state index in [1.54, 1.807) is 0 Å².